The number of H-pyrrole nitrogens is 2. The molecule has 4 fully saturated rings. The number of piperazine rings is 1. The number of amides is 4. The second kappa shape index (κ2) is 23.4. The summed E-state index contributed by atoms with van der Waals surface area (Å²) in [4.78, 5) is 76.5. The number of nitrogens with zero attached hydrogens (tertiary/aromatic N) is 7. The summed E-state index contributed by atoms with van der Waals surface area (Å²) in [6.45, 7) is 4.05. The zero-order chi connectivity index (χ0) is 57.6. The summed E-state index contributed by atoms with van der Waals surface area (Å²) in [6, 6.07) is 6.05. The summed E-state index contributed by atoms with van der Waals surface area (Å²) in [6.07, 6.45) is -0.584. The van der Waals surface area contributed by atoms with Crippen LogP contribution in [0.2, 0.25) is 0 Å². The van der Waals surface area contributed by atoms with E-state index in [-0.39, 0.29) is 67.2 Å². The molecule has 0 bridgehead atoms. The number of para-hydroxylation sites is 1. The van der Waals surface area contributed by atoms with Crippen LogP contribution in [-0.4, -0.2) is 146 Å². The molecule has 6 heterocycles. The summed E-state index contributed by atoms with van der Waals surface area (Å²) in [5.41, 5.74) is 0.801. The van der Waals surface area contributed by atoms with Gasteiger partial charge in [-0.1, -0.05) is 6.07 Å². The van der Waals surface area contributed by atoms with Crippen molar-refractivity contribution in [2.45, 2.75) is 101 Å². The molecule has 25 heteroatoms. The molecule has 1 unspecified atom stereocenters. The maximum absolute atomic E-state index is 17.0. The van der Waals surface area contributed by atoms with Crippen LogP contribution in [0.5, 0.6) is 0 Å². The lowest BCUT2D eigenvalue weighted by Gasteiger charge is -2.38. The molecule has 0 radical (unpaired) electrons. The highest BCUT2D eigenvalue weighted by Crippen LogP contribution is 2.50. The number of anilines is 3. The molecule has 4 aliphatic rings. The number of methoxy groups -OCH3 is 4. The fourth-order valence-corrected chi connectivity index (χ4v) is 12.1. The van der Waals surface area contributed by atoms with Crippen LogP contribution in [-0.2, 0) is 28.5 Å². The van der Waals surface area contributed by atoms with Gasteiger partial charge in [-0.05, 0) is 101 Å². The monoisotopic (exact) mass is 1130 g/mol. The number of rotatable bonds is 15. The van der Waals surface area contributed by atoms with Gasteiger partial charge in [0.1, 0.15) is 58.4 Å². The highest BCUT2D eigenvalue weighted by Gasteiger charge is 2.43. The summed E-state index contributed by atoms with van der Waals surface area (Å²) < 4.78 is 118. The Labute approximate surface area is 462 Å². The van der Waals surface area contributed by atoms with Crippen molar-refractivity contribution in [2.24, 2.45) is 0 Å². The molecule has 4 aromatic carbocycles. The van der Waals surface area contributed by atoms with E-state index in [0.29, 0.717) is 72.5 Å². The van der Waals surface area contributed by atoms with Crippen LogP contribution < -0.4 is 25.3 Å². The van der Waals surface area contributed by atoms with E-state index in [2.05, 4.69) is 20.6 Å². The van der Waals surface area contributed by atoms with Gasteiger partial charge >= 0.3 is 12.2 Å². The lowest BCUT2D eigenvalue weighted by atomic mass is 10.0. The van der Waals surface area contributed by atoms with Crippen LogP contribution in [0.3, 0.4) is 0 Å². The molecule has 4 amide bonds. The summed E-state index contributed by atoms with van der Waals surface area (Å²) in [7, 11) is 5.18. The highest BCUT2D eigenvalue weighted by molar-refractivity contribution is 5.88. The topological polar surface area (TPSA) is 203 Å². The Balaban J connectivity index is 0.997. The first-order valence-corrected chi connectivity index (χ1v) is 26.9. The van der Waals surface area contributed by atoms with Crippen LogP contribution in [0.4, 0.5) is 53.0 Å². The Kier molecular flexibility index (Phi) is 16.3. The predicted octanol–water partition coefficient (Wildman–Crippen LogP) is 8.53. The largest absolute Gasteiger partial charge is 0.453 e. The third kappa shape index (κ3) is 10.8. The number of likely N-dealkylation sites (tertiary alicyclic amines) is 2. The van der Waals surface area contributed by atoms with Crippen LogP contribution in [0.15, 0.2) is 54.6 Å². The van der Waals surface area contributed by atoms with E-state index in [4.69, 9.17) is 28.9 Å². The van der Waals surface area contributed by atoms with Gasteiger partial charge in [0.05, 0.1) is 72.7 Å². The quantitative estimate of drug-likeness (QED) is 0.0714. The fourth-order valence-electron chi connectivity index (χ4n) is 12.1. The Morgan fingerprint density at radius 1 is 0.543 bits per heavy atom. The molecule has 0 spiro atoms. The van der Waals surface area contributed by atoms with Crippen molar-refractivity contribution in [1.82, 2.24) is 40.4 Å². The van der Waals surface area contributed by atoms with E-state index in [9.17, 15) is 28.0 Å². The number of hydrogen-bond acceptors (Lipinski definition) is 13. The van der Waals surface area contributed by atoms with E-state index in [1.54, 1.807) is 28.5 Å². The molecule has 4 saturated heterocycles. The molecule has 81 heavy (non-hydrogen) atoms. The molecule has 19 nitrogen and oxygen atoms in total. The first-order chi connectivity index (χ1) is 38.9. The molecule has 8 atom stereocenters. The zero-order valence-corrected chi connectivity index (χ0v) is 45.5. The van der Waals surface area contributed by atoms with Gasteiger partial charge in [-0.2, -0.15) is 0 Å². The van der Waals surface area contributed by atoms with E-state index in [1.807, 2.05) is 0 Å². The number of benzene rings is 4. The minimum Gasteiger partial charge on any atom is -0.453 e. The Bertz CT molecular complexity index is 3160. The van der Waals surface area contributed by atoms with Crippen molar-refractivity contribution in [3.63, 3.8) is 0 Å². The normalized spacial score (nSPS) is 21.0. The fraction of sp³-hybridized carbons (Fsp3) is 0.464. The van der Waals surface area contributed by atoms with E-state index < -0.39 is 107 Å². The summed E-state index contributed by atoms with van der Waals surface area (Å²) in [5.74, 6) is -5.03. The average Bonchev–Trinajstić information content (AvgIpc) is 4.41. The number of alkyl carbamates (subject to hydrolysis) is 2. The van der Waals surface area contributed by atoms with Crippen LogP contribution in [0.1, 0.15) is 99.3 Å². The van der Waals surface area contributed by atoms with Crippen LogP contribution in [0, 0.1) is 34.9 Å². The molecular weight excluding hydrogens is 1070 g/mol. The standard InChI is InChI=1S/C56H63F6N11O8/c1-28(78-3)47(67-55(76)80-5)53(74)71-16-8-12-45(71)51-63-39-24-31(35(59)26-41(39)65-51)43-14-15-44(73(43)30-22-37(61)50(38(62)23-30)70-20-18-69(19-21-70)49-33(57)10-7-11-34(49)58)32-25-40-42(27-36(32)60)66-52(64-40)46-13-9-17-72(46)54(75)48(29(2)79-4)68-56(77)81-6/h7,10-11,22-29,43-48H,8-9,12-21H2,1-6H3,(H,63,65)(H,64,66)(H,67,76)(H,68,77)/t28-,29-,43+,44+,45+,46+,47+,48?/m1/s1. The molecule has 6 aromatic rings. The summed E-state index contributed by atoms with van der Waals surface area (Å²) in [5, 5.41) is 5.12. The van der Waals surface area contributed by atoms with E-state index >= 15 is 17.6 Å². The van der Waals surface area contributed by atoms with Gasteiger partial charge in [0.25, 0.3) is 0 Å². The Hall–Kier alpha value is -7.80. The second-order valence-corrected chi connectivity index (χ2v) is 20.8. The number of carbonyl (C=O) groups is 4. The van der Waals surface area contributed by atoms with Gasteiger partial charge in [0, 0.05) is 70.3 Å². The van der Waals surface area contributed by atoms with Crippen molar-refractivity contribution in [2.75, 3.05) is 82.4 Å². The smallest absolute Gasteiger partial charge is 0.407 e. The molecule has 4 N–H and O–H groups in total. The number of nitrogens with one attached hydrogen (secondary N) is 4. The van der Waals surface area contributed by atoms with Crippen LogP contribution in [0.25, 0.3) is 22.1 Å². The lowest BCUT2D eigenvalue weighted by Crippen LogP contribution is -2.54. The third-order valence-corrected chi connectivity index (χ3v) is 16.3. The SMILES string of the molecule is COC(=O)NC(C(=O)N1CCC[C@H]1c1nc2cc([C@@H]3CC[C@@H](c4cc5nc([C@@H]6CCCN6C(=O)[C@@H](NC(=O)OC)[C@@H](C)OC)[nH]c5cc4F)N3c3cc(F)c(N4CCN(c5c(F)cccc5F)CC4)c(F)c3)c(F)cc2[nH]1)[C@@H](C)OC. The van der Waals surface area contributed by atoms with Crippen molar-refractivity contribution in [1.29, 1.82) is 0 Å². The lowest BCUT2D eigenvalue weighted by molar-refractivity contribution is -0.138. The van der Waals surface area contributed by atoms with Crippen molar-refractivity contribution in [3.8, 4) is 0 Å². The minimum atomic E-state index is -1.10. The number of aromatic amines is 2. The van der Waals surface area contributed by atoms with Gasteiger partial charge in [-0.25, -0.2) is 45.9 Å². The molecule has 10 rings (SSSR count). The maximum Gasteiger partial charge on any atom is 0.407 e. The predicted molar refractivity (Wildman–Crippen MR) is 285 cm³/mol. The van der Waals surface area contributed by atoms with Gasteiger partial charge < -0.3 is 64.0 Å². The van der Waals surface area contributed by atoms with E-state index in [1.165, 1.54) is 68.6 Å². The molecule has 0 aliphatic carbocycles. The molecule has 2 aromatic heterocycles. The highest BCUT2D eigenvalue weighted by atomic mass is 19.2. The zero-order valence-electron chi connectivity index (χ0n) is 45.5. The van der Waals surface area contributed by atoms with Crippen molar-refractivity contribution < 1.29 is 64.5 Å². The summed E-state index contributed by atoms with van der Waals surface area (Å²) >= 11 is 0. The van der Waals surface area contributed by atoms with Crippen molar-refractivity contribution in [3.05, 3.63) is 112 Å². The number of fused-ring (bicyclic) bond motifs is 2. The van der Waals surface area contributed by atoms with Gasteiger partial charge in [0.15, 0.2) is 11.6 Å². The number of carbonyl (C=O) groups excluding carboxylic acids is 4. The number of halogens is 6. The molecule has 0 saturated carbocycles. The Morgan fingerprint density at radius 2 is 0.951 bits per heavy atom. The second-order valence-electron chi connectivity index (χ2n) is 20.8. The van der Waals surface area contributed by atoms with Gasteiger partial charge in [-0.15, -0.1) is 0 Å². The average molecular weight is 1130 g/mol. The third-order valence-electron chi connectivity index (χ3n) is 16.3. The number of ether oxygens (including phenoxy) is 4. The maximum atomic E-state index is 17.0. The van der Waals surface area contributed by atoms with Gasteiger partial charge in [0.2, 0.25) is 11.8 Å². The Morgan fingerprint density at radius 3 is 1.35 bits per heavy atom. The number of hydrogen-bond donors (Lipinski definition) is 4. The van der Waals surface area contributed by atoms with Gasteiger partial charge in [-0.3, -0.25) is 9.59 Å². The molecule has 432 valence electrons. The molecule has 4 aliphatic heterocycles. The van der Waals surface area contributed by atoms with Crippen LogP contribution >= 0.6 is 0 Å². The number of imidazole rings is 2. The minimum absolute atomic E-state index is 0.0116. The first kappa shape index (κ1) is 56.5. The molecular formula is C56H63F6N11O8. The van der Waals surface area contributed by atoms with E-state index in [0.717, 1.165) is 24.3 Å². The number of aromatic nitrogens is 4. The van der Waals surface area contributed by atoms with Crippen molar-refractivity contribution >= 4 is 63.1 Å². The first-order valence-electron chi connectivity index (χ1n) is 26.9.